The minimum atomic E-state index is -0.309. The summed E-state index contributed by atoms with van der Waals surface area (Å²) in [4.78, 5) is 11.7. The number of benzene rings is 1. The second kappa shape index (κ2) is 6.08. The highest BCUT2D eigenvalue weighted by Crippen LogP contribution is 2.38. The zero-order chi connectivity index (χ0) is 13.1. The van der Waals surface area contributed by atoms with E-state index in [2.05, 4.69) is 15.9 Å². The fourth-order valence-electron chi connectivity index (χ4n) is 2.05. The summed E-state index contributed by atoms with van der Waals surface area (Å²) in [5.74, 6) is -0.294. The monoisotopic (exact) mass is 329 g/mol. The quantitative estimate of drug-likeness (QED) is 0.924. The van der Waals surface area contributed by atoms with E-state index >= 15 is 0 Å². The summed E-state index contributed by atoms with van der Waals surface area (Å²) in [7, 11) is 0. The number of rotatable bonds is 4. The van der Waals surface area contributed by atoms with Gasteiger partial charge in [-0.2, -0.15) is 0 Å². The minimum Gasteiger partial charge on any atom is -0.377 e. The standard InChI is InChI=1S/C13H16BrNO2S/c1-8-11(5-6-17-8)18-12(13(15)16)9-3-2-4-10(14)7-9/h2-4,7-8,11-12H,5-6H2,1H3,(H2,15,16). The largest absolute Gasteiger partial charge is 0.377 e. The summed E-state index contributed by atoms with van der Waals surface area (Å²) in [6, 6.07) is 7.74. The van der Waals surface area contributed by atoms with Crippen molar-refractivity contribution in [2.75, 3.05) is 6.61 Å². The predicted molar refractivity (Wildman–Crippen MR) is 77.5 cm³/mol. The van der Waals surface area contributed by atoms with Crippen molar-refractivity contribution in [3.05, 3.63) is 34.3 Å². The van der Waals surface area contributed by atoms with Crippen molar-refractivity contribution in [3.63, 3.8) is 0 Å². The minimum absolute atomic E-state index is 0.184. The molecule has 1 fully saturated rings. The van der Waals surface area contributed by atoms with Crippen LogP contribution < -0.4 is 5.73 Å². The van der Waals surface area contributed by atoms with Crippen molar-refractivity contribution in [1.29, 1.82) is 0 Å². The van der Waals surface area contributed by atoms with Gasteiger partial charge in [-0.25, -0.2) is 0 Å². The topological polar surface area (TPSA) is 52.3 Å². The van der Waals surface area contributed by atoms with Gasteiger partial charge >= 0.3 is 0 Å². The Morgan fingerprint density at radius 2 is 2.39 bits per heavy atom. The average molecular weight is 330 g/mol. The van der Waals surface area contributed by atoms with E-state index < -0.39 is 0 Å². The third kappa shape index (κ3) is 3.28. The predicted octanol–water partition coefficient (Wildman–Crippen LogP) is 2.89. The molecule has 0 bridgehead atoms. The summed E-state index contributed by atoms with van der Waals surface area (Å²) >= 11 is 5.03. The van der Waals surface area contributed by atoms with Crippen LogP contribution in [0.1, 0.15) is 24.2 Å². The van der Waals surface area contributed by atoms with Gasteiger partial charge in [0.05, 0.1) is 6.10 Å². The Labute approximate surface area is 120 Å². The third-order valence-electron chi connectivity index (χ3n) is 3.03. The number of halogens is 1. The molecule has 18 heavy (non-hydrogen) atoms. The Bertz CT molecular complexity index is 441. The Kier molecular flexibility index (Phi) is 4.70. The molecule has 3 unspecified atom stereocenters. The van der Waals surface area contributed by atoms with Gasteiger partial charge in [0.15, 0.2) is 0 Å². The number of thioether (sulfide) groups is 1. The van der Waals surface area contributed by atoms with E-state index in [1.54, 1.807) is 11.8 Å². The van der Waals surface area contributed by atoms with Gasteiger partial charge in [0.2, 0.25) is 5.91 Å². The van der Waals surface area contributed by atoms with Crippen LogP contribution in [0.2, 0.25) is 0 Å². The highest BCUT2D eigenvalue weighted by Gasteiger charge is 2.30. The van der Waals surface area contributed by atoms with E-state index in [0.717, 1.165) is 23.1 Å². The molecule has 0 aliphatic carbocycles. The molecule has 1 heterocycles. The normalized spacial score (nSPS) is 25.0. The molecule has 3 nitrogen and oxygen atoms in total. The van der Waals surface area contributed by atoms with Crippen LogP contribution in [-0.4, -0.2) is 23.9 Å². The number of hydrogen-bond acceptors (Lipinski definition) is 3. The van der Waals surface area contributed by atoms with Crippen molar-refractivity contribution >= 4 is 33.6 Å². The van der Waals surface area contributed by atoms with Crippen LogP contribution in [0.5, 0.6) is 0 Å². The molecule has 2 N–H and O–H groups in total. The SMILES string of the molecule is CC1OCCC1SC(C(N)=O)c1cccc(Br)c1. The molecule has 1 saturated heterocycles. The summed E-state index contributed by atoms with van der Waals surface area (Å²) in [6.45, 7) is 2.81. The van der Waals surface area contributed by atoms with Crippen molar-refractivity contribution < 1.29 is 9.53 Å². The van der Waals surface area contributed by atoms with E-state index in [1.807, 2.05) is 31.2 Å². The maximum Gasteiger partial charge on any atom is 0.235 e. The van der Waals surface area contributed by atoms with Crippen molar-refractivity contribution in [2.45, 2.75) is 29.9 Å². The Morgan fingerprint density at radius 1 is 1.61 bits per heavy atom. The summed E-state index contributed by atoms with van der Waals surface area (Å²) in [5, 5.41) is 0.0260. The zero-order valence-electron chi connectivity index (χ0n) is 10.1. The van der Waals surface area contributed by atoms with Crippen molar-refractivity contribution in [1.82, 2.24) is 0 Å². The maximum absolute atomic E-state index is 11.7. The van der Waals surface area contributed by atoms with E-state index in [4.69, 9.17) is 10.5 Å². The third-order valence-corrected chi connectivity index (χ3v) is 5.27. The first-order valence-corrected chi connectivity index (χ1v) is 7.63. The number of carbonyl (C=O) groups excluding carboxylic acids is 1. The second-order valence-electron chi connectivity index (χ2n) is 4.38. The molecule has 0 radical (unpaired) electrons. The Morgan fingerprint density at radius 3 is 2.94 bits per heavy atom. The first kappa shape index (κ1) is 13.9. The Balaban J connectivity index is 2.16. The van der Waals surface area contributed by atoms with Gasteiger partial charge in [-0.1, -0.05) is 28.1 Å². The molecule has 0 spiro atoms. The molecule has 1 amide bonds. The summed E-state index contributed by atoms with van der Waals surface area (Å²) in [5.41, 5.74) is 6.47. The molecule has 1 aliphatic heterocycles. The smallest absolute Gasteiger partial charge is 0.235 e. The molecule has 0 aromatic heterocycles. The van der Waals surface area contributed by atoms with Gasteiger partial charge in [-0.05, 0) is 31.0 Å². The molecule has 2 rings (SSSR count). The van der Waals surface area contributed by atoms with Gasteiger partial charge in [0.25, 0.3) is 0 Å². The van der Waals surface area contributed by atoms with Crippen LogP contribution in [0.25, 0.3) is 0 Å². The molecule has 1 aromatic carbocycles. The van der Waals surface area contributed by atoms with E-state index in [1.165, 1.54) is 0 Å². The number of nitrogens with two attached hydrogens (primary N) is 1. The van der Waals surface area contributed by atoms with Crippen LogP contribution in [0.15, 0.2) is 28.7 Å². The summed E-state index contributed by atoms with van der Waals surface area (Å²) in [6.07, 6.45) is 1.16. The maximum atomic E-state index is 11.7. The number of ether oxygens (including phenoxy) is 1. The summed E-state index contributed by atoms with van der Waals surface area (Å²) < 4.78 is 6.48. The lowest BCUT2D eigenvalue weighted by Gasteiger charge is -2.20. The highest BCUT2D eigenvalue weighted by molar-refractivity contribution is 9.10. The molecular formula is C13H16BrNO2S. The van der Waals surface area contributed by atoms with E-state index in [0.29, 0.717) is 5.25 Å². The number of amides is 1. The number of primary amides is 1. The molecule has 5 heteroatoms. The van der Waals surface area contributed by atoms with Crippen LogP contribution in [0.3, 0.4) is 0 Å². The number of carbonyl (C=O) groups is 1. The lowest BCUT2D eigenvalue weighted by atomic mass is 10.1. The molecule has 1 aliphatic rings. The zero-order valence-corrected chi connectivity index (χ0v) is 12.5. The van der Waals surface area contributed by atoms with Gasteiger partial charge in [0, 0.05) is 16.3 Å². The van der Waals surface area contributed by atoms with E-state index in [9.17, 15) is 4.79 Å². The fraction of sp³-hybridized carbons (Fsp3) is 0.462. The fourth-order valence-corrected chi connectivity index (χ4v) is 3.78. The number of hydrogen-bond donors (Lipinski definition) is 1. The van der Waals surface area contributed by atoms with Gasteiger partial charge in [-0.3, -0.25) is 4.79 Å². The van der Waals surface area contributed by atoms with Crippen LogP contribution >= 0.6 is 27.7 Å². The Hall–Kier alpha value is -0.520. The second-order valence-corrected chi connectivity index (χ2v) is 6.64. The average Bonchev–Trinajstić information content (AvgIpc) is 2.71. The lowest BCUT2D eigenvalue weighted by Crippen LogP contribution is -2.23. The van der Waals surface area contributed by atoms with Gasteiger partial charge in [-0.15, -0.1) is 11.8 Å². The molecule has 1 aromatic rings. The molecular weight excluding hydrogens is 314 g/mol. The first-order chi connectivity index (χ1) is 8.58. The lowest BCUT2D eigenvalue weighted by molar-refractivity contribution is -0.117. The molecule has 0 saturated carbocycles. The van der Waals surface area contributed by atoms with E-state index in [-0.39, 0.29) is 17.3 Å². The van der Waals surface area contributed by atoms with Gasteiger partial charge in [0.1, 0.15) is 5.25 Å². The van der Waals surface area contributed by atoms with Crippen molar-refractivity contribution in [2.24, 2.45) is 5.73 Å². The molecule has 98 valence electrons. The highest BCUT2D eigenvalue weighted by atomic mass is 79.9. The van der Waals surface area contributed by atoms with Crippen LogP contribution in [-0.2, 0) is 9.53 Å². The first-order valence-electron chi connectivity index (χ1n) is 5.90. The van der Waals surface area contributed by atoms with Crippen LogP contribution in [0, 0.1) is 0 Å². The van der Waals surface area contributed by atoms with Crippen LogP contribution in [0.4, 0.5) is 0 Å². The van der Waals surface area contributed by atoms with Crippen molar-refractivity contribution in [3.8, 4) is 0 Å². The molecule has 3 atom stereocenters. The van der Waals surface area contributed by atoms with Gasteiger partial charge < -0.3 is 10.5 Å².